The van der Waals surface area contributed by atoms with Crippen LogP contribution in [0.2, 0.25) is 0 Å². The molecule has 1 heterocycles. The van der Waals surface area contributed by atoms with E-state index in [1.165, 1.54) is 5.56 Å². The highest BCUT2D eigenvalue weighted by molar-refractivity contribution is 5.59. The molecule has 1 heteroatoms. The Morgan fingerprint density at radius 1 is 0.643 bits per heavy atom. The molecule has 4 bridgehead atoms. The fourth-order valence-corrected chi connectivity index (χ4v) is 6.39. The Labute approximate surface area is 170 Å². The predicted octanol–water partition coefficient (Wildman–Crippen LogP) is 6.68. The summed E-state index contributed by atoms with van der Waals surface area (Å²) in [4.78, 5) is 4.60. The molecule has 1 aromatic heterocycles. The van der Waals surface area contributed by atoms with Crippen molar-refractivity contribution >= 4 is 0 Å². The average Bonchev–Trinajstić information content (AvgIpc) is 2.79. The minimum absolute atomic E-state index is 0.341. The molecule has 0 unspecified atom stereocenters. The lowest BCUT2D eigenvalue weighted by atomic mass is 9.46. The summed E-state index contributed by atoms with van der Waals surface area (Å²) >= 11 is 0. The Bertz CT molecular complexity index is 1030. The van der Waals surface area contributed by atoms with Gasteiger partial charge in [-0.2, -0.15) is 0 Å². The van der Waals surface area contributed by atoms with E-state index >= 15 is 0 Å². The molecule has 0 aliphatic heterocycles. The van der Waals surface area contributed by atoms with Gasteiger partial charge in [0.15, 0.2) is 0 Å². The lowest BCUT2D eigenvalue weighted by molar-refractivity contribution is -0.0231. The van der Waals surface area contributed by atoms with Crippen LogP contribution in [0.4, 0.5) is 0 Å². The van der Waals surface area contributed by atoms with Crippen LogP contribution in [0.3, 0.4) is 0 Å². The minimum atomic E-state index is -0.544. The van der Waals surface area contributed by atoms with Crippen molar-refractivity contribution in [3.05, 3.63) is 90.1 Å². The summed E-state index contributed by atoms with van der Waals surface area (Å²) in [6.07, 6.45) is 5.88. The normalized spacial score (nSPS) is 39.4. The number of hydrogen-bond acceptors (Lipinski definition) is 1. The lowest BCUT2D eigenvalue weighted by Gasteiger charge is -2.58. The highest BCUT2D eigenvalue weighted by Crippen LogP contribution is 2.64. The van der Waals surface area contributed by atoms with Gasteiger partial charge in [-0.05, 0) is 84.4 Å². The summed E-state index contributed by atoms with van der Waals surface area (Å²) in [7, 11) is 0. The standard InChI is InChI=1S/C27H27N/c1-3-7-18(8-4-1)25-17-20(11-12-28-25)27-23-13-21-14-24(27)16-22(15-23)26(21)19-9-5-2-6-10-19/h1-12,17,21-24,26-27H,13-16H2/i26D,27D. The highest BCUT2D eigenvalue weighted by atomic mass is 14.7. The molecule has 28 heavy (non-hydrogen) atoms. The number of nitrogens with zero attached hydrogens (tertiary/aromatic N) is 1. The first-order valence-corrected chi connectivity index (χ1v) is 10.7. The van der Waals surface area contributed by atoms with Crippen molar-refractivity contribution in [3.8, 4) is 11.3 Å². The van der Waals surface area contributed by atoms with Crippen LogP contribution in [0.25, 0.3) is 11.3 Å². The third kappa shape index (κ3) is 2.64. The van der Waals surface area contributed by atoms with Gasteiger partial charge < -0.3 is 0 Å². The second-order valence-corrected chi connectivity index (χ2v) is 8.80. The second-order valence-electron chi connectivity index (χ2n) is 8.80. The Kier molecular flexibility index (Phi) is 3.43. The average molecular weight is 368 g/mol. The van der Waals surface area contributed by atoms with Gasteiger partial charge in [-0.3, -0.25) is 4.98 Å². The number of rotatable bonds is 3. The van der Waals surface area contributed by atoms with Gasteiger partial charge in [-0.25, -0.2) is 0 Å². The van der Waals surface area contributed by atoms with E-state index in [9.17, 15) is 2.74 Å². The first-order valence-electron chi connectivity index (χ1n) is 11.7. The van der Waals surface area contributed by atoms with Crippen molar-refractivity contribution in [2.45, 2.75) is 37.5 Å². The van der Waals surface area contributed by atoms with Crippen molar-refractivity contribution in [1.29, 1.82) is 0 Å². The minimum Gasteiger partial charge on any atom is -0.256 e. The van der Waals surface area contributed by atoms with Gasteiger partial charge in [0.2, 0.25) is 0 Å². The zero-order valence-corrected chi connectivity index (χ0v) is 16.1. The maximum Gasteiger partial charge on any atom is 0.0704 e. The molecule has 0 saturated heterocycles. The predicted molar refractivity (Wildman–Crippen MR) is 114 cm³/mol. The molecule has 140 valence electrons. The monoisotopic (exact) mass is 367 g/mol. The van der Waals surface area contributed by atoms with Gasteiger partial charge in [0.25, 0.3) is 0 Å². The maximum absolute atomic E-state index is 9.69. The summed E-state index contributed by atoms with van der Waals surface area (Å²) < 4.78 is 19.2. The number of hydrogen-bond donors (Lipinski definition) is 0. The van der Waals surface area contributed by atoms with Gasteiger partial charge in [-0.15, -0.1) is 0 Å². The number of aromatic nitrogens is 1. The zero-order valence-electron chi connectivity index (χ0n) is 18.1. The fraction of sp³-hybridized carbons (Fsp3) is 0.370. The maximum atomic E-state index is 9.69. The quantitative estimate of drug-likeness (QED) is 0.503. The molecule has 7 rings (SSSR count). The first-order chi connectivity index (χ1) is 14.6. The summed E-state index contributed by atoms with van der Waals surface area (Å²) in [6, 6.07) is 25.0. The van der Waals surface area contributed by atoms with Crippen molar-refractivity contribution < 1.29 is 2.74 Å². The van der Waals surface area contributed by atoms with Crippen LogP contribution in [0.5, 0.6) is 0 Å². The molecule has 4 aliphatic carbocycles. The zero-order chi connectivity index (χ0) is 20.3. The molecular weight excluding hydrogens is 338 g/mol. The van der Waals surface area contributed by atoms with Crippen molar-refractivity contribution in [1.82, 2.24) is 4.98 Å². The van der Waals surface area contributed by atoms with Crippen molar-refractivity contribution in [3.63, 3.8) is 0 Å². The molecule has 0 amide bonds. The van der Waals surface area contributed by atoms with E-state index in [1.54, 1.807) is 0 Å². The summed E-state index contributed by atoms with van der Waals surface area (Å²) in [5.41, 5.74) is 4.39. The van der Waals surface area contributed by atoms with Crippen LogP contribution in [-0.2, 0) is 0 Å². The Balaban J connectivity index is 1.36. The molecule has 3 aromatic rings. The third-order valence-corrected chi connectivity index (χ3v) is 7.31. The molecule has 0 radical (unpaired) electrons. The molecule has 0 N–H and O–H groups in total. The molecule has 0 spiro atoms. The first kappa shape index (κ1) is 14.6. The second kappa shape index (κ2) is 6.58. The van der Waals surface area contributed by atoms with E-state index in [2.05, 4.69) is 53.5 Å². The van der Waals surface area contributed by atoms with Gasteiger partial charge in [0.05, 0.1) is 5.69 Å². The number of pyridine rings is 1. The molecule has 0 atom stereocenters. The van der Waals surface area contributed by atoms with Crippen molar-refractivity contribution in [2.24, 2.45) is 23.7 Å². The lowest BCUT2D eigenvalue weighted by Crippen LogP contribution is -2.48. The highest BCUT2D eigenvalue weighted by Gasteiger charge is 2.53. The summed E-state index contributed by atoms with van der Waals surface area (Å²) in [6.45, 7) is 0. The van der Waals surface area contributed by atoms with Gasteiger partial charge in [-0.1, -0.05) is 60.7 Å². The van der Waals surface area contributed by atoms with Crippen molar-refractivity contribution in [2.75, 3.05) is 0 Å². The summed E-state index contributed by atoms with van der Waals surface area (Å²) in [5.74, 6) is 0.412. The van der Waals surface area contributed by atoms with Crippen LogP contribution in [-0.4, -0.2) is 4.98 Å². The van der Waals surface area contributed by atoms with Crippen LogP contribution in [0.1, 0.15) is 51.3 Å². The molecular formula is C27H27N. The molecule has 1 nitrogen and oxygen atoms in total. The largest absolute Gasteiger partial charge is 0.256 e. The molecule has 4 aliphatic rings. The van der Waals surface area contributed by atoms with E-state index in [-0.39, 0.29) is 0 Å². The topological polar surface area (TPSA) is 12.9 Å². The molecule has 4 fully saturated rings. The van der Waals surface area contributed by atoms with Gasteiger partial charge in [0.1, 0.15) is 0 Å². The van der Waals surface area contributed by atoms with Gasteiger partial charge >= 0.3 is 0 Å². The van der Waals surface area contributed by atoms with Crippen LogP contribution >= 0.6 is 0 Å². The van der Waals surface area contributed by atoms with E-state index in [4.69, 9.17) is 0 Å². The van der Waals surface area contributed by atoms with Crippen LogP contribution in [0.15, 0.2) is 79.0 Å². The SMILES string of the molecule is [2H]C1(c2ccccc2)C2CC3CC1CC(C2)C3([2H])c1ccnc(-c2ccccc2)c1. The molecule has 4 saturated carbocycles. The van der Waals surface area contributed by atoms with E-state index in [0.717, 1.165) is 42.5 Å². The van der Waals surface area contributed by atoms with Gasteiger partial charge in [0, 0.05) is 14.5 Å². The molecule has 2 aromatic carbocycles. The van der Waals surface area contributed by atoms with E-state index in [1.807, 2.05) is 30.5 Å². The summed E-state index contributed by atoms with van der Waals surface area (Å²) in [5, 5.41) is 0. The van der Waals surface area contributed by atoms with E-state index < -0.39 is 11.8 Å². The van der Waals surface area contributed by atoms with Crippen LogP contribution < -0.4 is 0 Å². The Morgan fingerprint density at radius 2 is 1.18 bits per heavy atom. The Morgan fingerprint density at radius 3 is 1.79 bits per heavy atom. The van der Waals surface area contributed by atoms with E-state index in [0.29, 0.717) is 23.7 Å². The third-order valence-electron chi connectivity index (χ3n) is 7.31. The smallest absolute Gasteiger partial charge is 0.0704 e. The fourth-order valence-electron chi connectivity index (χ4n) is 6.39. The number of benzene rings is 2. The van der Waals surface area contributed by atoms with Crippen LogP contribution in [0, 0.1) is 23.7 Å². The Hall–Kier alpha value is -2.41.